The molecule has 2 N–H and O–H groups in total. The zero-order chi connectivity index (χ0) is 13.4. The number of amides is 1. The van der Waals surface area contributed by atoms with Crippen LogP contribution in [0.25, 0.3) is 11.0 Å². The van der Waals surface area contributed by atoms with Gasteiger partial charge in [-0.05, 0) is 18.2 Å². The van der Waals surface area contributed by atoms with Crippen LogP contribution in [0.4, 0.5) is 0 Å². The molecule has 0 radical (unpaired) electrons. The molecule has 1 aromatic heterocycles. The maximum atomic E-state index is 11.2. The van der Waals surface area contributed by atoms with Crippen molar-refractivity contribution >= 4 is 16.9 Å². The molecule has 1 aliphatic heterocycles. The van der Waals surface area contributed by atoms with E-state index < -0.39 is 5.91 Å². The van der Waals surface area contributed by atoms with Crippen LogP contribution < -0.4 is 10.5 Å². The molecule has 19 heavy (non-hydrogen) atoms. The van der Waals surface area contributed by atoms with Crippen LogP contribution in [-0.2, 0) is 11.8 Å². The third kappa shape index (κ3) is 2.15. The Labute approximate surface area is 110 Å². The molecule has 2 aromatic rings. The lowest BCUT2D eigenvalue weighted by Crippen LogP contribution is -2.17. The summed E-state index contributed by atoms with van der Waals surface area (Å²) in [5.41, 5.74) is 7.31. The number of benzene rings is 1. The normalized spacial score (nSPS) is 18.9. The first-order chi connectivity index (χ1) is 9.15. The second-order valence-corrected chi connectivity index (χ2v) is 4.62. The molecular weight excluding hydrogens is 246 g/mol. The molecule has 3 rings (SSSR count). The highest BCUT2D eigenvalue weighted by Gasteiger charge is 2.20. The van der Waals surface area contributed by atoms with Crippen LogP contribution in [0.5, 0.6) is 6.01 Å². The van der Waals surface area contributed by atoms with Crippen molar-refractivity contribution in [2.45, 2.75) is 12.5 Å². The molecule has 1 saturated heterocycles. The molecule has 2 heterocycles. The summed E-state index contributed by atoms with van der Waals surface area (Å²) in [6.45, 7) is 1.32. The monoisotopic (exact) mass is 261 g/mol. The molecule has 1 unspecified atom stereocenters. The van der Waals surface area contributed by atoms with Gasteiger partial charge in [0.15, 0.2) is 0 Å². The van der Waals surface area contributed by atoms with E-state index >= 15 is 0 Å². The summed E-state index contributed by atoms with van der Waals surface area (Å²) in [7, 11) is 1.88. The van der Waals surface area contributed by atoms with Crippen LogP contribution in [0.2, 0.25) is 0 Å². The number of nitrogens with two attached hydrogens (primary N) is 1. The Kier molecular flexibility index (Phi) is 2.87. The predicted molar refractivity (Wildman–Crippen MR) is 69.1 cm³/mol. The molecule has 6 nitrogen and oxygen atoms in total. The second kappa shape index (κ2) is 4.55. The van der Waals surface area contributed by atoms with Crippen LogP contribution in [-0.4, -0.2) is 34.8 Å². The molecule has 0 bridgehead atoms. The maximum Gasteiger partial charge on any atom is 0.297 e. The number of aromatic nitrogens is 2. The van der Waals surface area contributed by atoms with Crippen molar-refractivity contribution in [2.75, 3.05) is 13.2 Å². The van der Waals surface area contributed by atoms with Gasteiger partial charge in [-0.25, -0.2) is 0 Å². The molecule has 1 aliphatic rings. The van der Waals surface area contributed by atoms with E-state index in [1.165, 1.54) is 0 Å². The minimum atomic E-state index is -0.459. The van der Waals surface area contributed by atoms with Gasteiger partial charge in [0, 0.05) is 19.0 Å². The van der Waals surface area contributed by atoms with Gasteiger partial charge in [0.1, 0.15) is 6.10 Å². The van der Waals surface area contributed by atoms with Gasteiger partial charge in [-0.1, -0.05) is 0 Å². The van der Waals surface area contributed by atoms with E-state index in [4.69, 9.17) is 15.2 Å². The number of primary amides is 1. The van der Waals surface area contributed by atoms with Crippen molar-refractivity contribution in [3.8, 4) is 6.01 Å². The zero-order valence-electron chi connectivity index (χ0n) is 10.6. The fraction of sp³-hybridized carbons (Fsp3) is 0.385. The number of rotatable bonds is 3. The summed E-state index contributed by atoms with van der Waals surface area (Å²) in [6, 6.07) is 5.72. The van der Waals surface area contributed by atoms with Crippen LogP contribution >= 0.6 is 0 Å². The lowest BCUT2D eigenvalue weighted by Gasteiger charge is -2.10. The molecule has 1 amide bonds. The van der Waals surface area contributed by atoms with Crippen LogP contribution in [0.1, 0.15) is 16.8 Å². The summed E-state index contributed by atoms with van der Waals surface area (Å²) in [5, 5.41) is 0. The summed E-state index contributed by atoms with van der Waals surface area (Å²) < 4.78 is 12.9. The Hall–Kier alpha value is -2.08. The quantitative estimate of drug-likeness (QED) is 0.888. The number of fused-ring (bicyclic) bond motifs is 1. The molecule has 1 atom stereocenters. The lowest BCUT2D eigenvalue weighted by molar-refractivity contribution is 0.100. The average Bonchev–Trinajstić information content (AvgIpc) is 2.99. The molecule has 6 heteroatoms. The van der Waals surface area contributed by atoms with E-state index in [1.807, 2.05) is 17.7 Å². The van der Waals surface area contributed by atoms with Crippen molar-refractivity contribution in [3.63, 3.8) is 0 Å². The Balaban J connectivity index is 1.96. The largest absolute Gasteiger partial charge is 0.459 e. The highest BCUT2D eigenvalue weighted by atomic mass is 16.6. The van der Waals surface area contributed by atoms with Crippen LogP contribution in [0.15, 0.2) is 18.2 Å². The lowest BCUT2D eigenvalue weighted by atomic mass is 10.2. The molecular formula is C13H15N3O3. The van der Waals surface area contributed by atoms with E-state index in [1.54, 1.807) is 12.1 Å². The first-order valence-corrected chi connectivity index (χ1v) is 6.16. The zero-order valence-corrected chi connectivity index (χ0v) is 10.6. The van der Waals surface area contributed by atoms with Crippen molar-refractivity contribution in [1.82, 2.24) is 9.55 Å². The number of imidazole rings is 1. The molecule has 0 aliphatic carbocycles. The number of hydrogen-bond donors (Lipinski definition) is 1. The van der Waals surface area contributed by atoms with Crippen molar-refractivity contribution < 1.29 is 14.3 Å². The summed E-state index contributed by atoms with van der Waals surface area (Å²) in [6.07, 6.45) is 0.918. The fourth-order valence-electron chi connectivity index (χ4n) is 2.19. The second-order valence-electron chi connectivity index (χ2n) is 4.62. The number of carbonyl (C=O) groups is 1. The van der Waals surface area contributed by atoms with E-state index in [2.05, 4.69) is 4.98 Å². The number of hydrogen-bond acceptors (Lipinski definition) is 4. The summed E-state index contributed by atoms with van der Waals surface area (Å²) >= 11 is 0. The molecule has 0 spiro atoms. The number of carbonyl (C=O) groups excluding carboxylic acids is 1. The van der Waals surface area contributed by atoms with Crippen molar-refractivity contribution in [3.05, 3.63) is 23.8 Å². The summed E-state index contributed by atoms with van der Waals surface area (Å²) in [4.78, 5) is 15.6. The van der Waals surface area contributed by atoms with Gasteiger partial charge in [0.2, 0.25) is 5.91 Å². The van der Waals surface area contributed by atoms with Crippen LogP contribution in [0.3, 0.4) is 0 Å². The van der Waals surface area contributed by atoms with Gasteiger partial charge >= 0.3 is 0 Å². The number of ether oxygens (including phenoxy) is 2. The van der Waals surface area contributed by atoms with E-state index in [0.717, 1.165) is 18.5 Å². The first-order valence-electron chi connectivity index (χ1n) is 6.16. The first kappa shape index (κ1) is 12.0. The van der Waals surface area contributed by atoms with Gasteiger partial charge in [-0.2, -0.15) is 4.98 Å². The maximum absolute atomic E-state index is 11.2. The SMILES string of the molecule is Cn1c(OC2CCOC2)nc2cc(C(N)=O)ccc21. The number of aryl methyl sites for hydroxylation is 1. The third-order valence-corrected chi connectivity index (χ3v) is 3.28. The molecule has 1 fully saturated rings. The minimum absolute atomic E-state index is 0.0473. The molecule has 100 valence electrons. The highest BCUT2D eigenvalue weighted by Crippen LogP contribution is 2.23. The predicted octanol–water partition coefficient (Wildman–Crippen LogP) is 0.840. The topological polar surface area (TPSA) is 79.4 Å². The Morgan fingerprint density at radius 3 is 3.11 bits per heavy atom. The van der Waals surface area contributed by atoms with Crippen LogP contribution in [0, 0.1) is 0 Å². The van der Waals surface area contributed by atoms with Gasteiger partial charge < -0.3 is 15.2 Å². The fourth-order valence-corrected chi connectivity index (χ4v) is 2.19. The Morgan fingerprint density at radius 2 is 2.42 bits per heavy atom. The third-order valence-electron chi connectivity index (χ3n) is 3.28. The van der Waals surface area contributed by atoms with Gasteiger partial charge in [0.05, 0.1) is 24.2 Å². The smallest absolute Gasteiger partial charge is 0.297 e. The van der Waals surface area contributed by atoms with Gasteiger partial charge in [-0.15, -0.1) is 0 Å². The number of nitrogens with zero attached hydrogens (tertiary/aromatic N) is 2. The standard InChI is InChI=1S/C13H15N3O3/c1-16-11-3-2-8(12(14)17)6-10(11)15-13(16)19-9-4-5-18-7-9/h2-3,6,9H,4-5,7H2,1H3,(H2,14,17). The van der Waals surface area contributed by atoms with E-state index in [9.17, 15) is 4.79 Å². The Morgan fingerprint density at radius 1 is 1.58 bits per heavy atom. The highest BCUT2D eigenvalue weighted by molar-refractivity contribution is 5.96. The van der Waals surface area contributed by atoms with Gasteiger partial charge in [-0.3, -0.25) is 9.36 Å². The molecule has 1 aromatic carbocycles. The van der Waals surface area contributed by atoms with Crippen molar-refractivity contribution in [1.29, 1.82) is 0 Å². The van der Waals surface area contributed by atoms with E-state index in [0.29, 0.717) is 23.7 Å². The minimum Gasteiger partial charge on any atom is -0.459 e. The van der Waals surface area contributed by atoms with Crippen molar-refractivity contribution in [2.24, 2.45) is 12.8 Å². The average molecular weight is 261 g/mol. The molecule has 0 saturated carbocycles. The van der Waals surface area contributed by atoms with Gasteiger partial charge in [0.25, 0.3) is 6.01 Å². The Bertz CT molecular complexity index is 629. The van der Waals surface area contributed by atoms with E-state index in [-0.39, 0.29) is 6.10 Å². The summed E-state index contributed by atoms with van der Waals surface area (Å²) in [5.74, 6) is -0.459.